The van der Waals surface area contributed by atoms with Gasteiger partial charge in [-0.2, -0.15) is 0 Å². The summed E-state index contributed by atoms with van der Waals surface area (Å²) in [6.07, 6.45) is 6.26. The Morgan fingerprint density at radius 1 is 1.32 bits per heavy atom. The number of allylic oxidation sites excluding steroid dienone is 4. The number of aliphatic hydroxyl groups is 1. The molecule has 2 atom stereocenters. The van der Waals surface area contributed by atoms with E-state index in [0.717, 1.165) is 15.0 Å². The average molecular weight is 529 g/mol. The van der Waals surface area contributed by atoms with Gasteiger partial charge in [0.25, 0.3) is 5.91 Å². The molecule has 0 saturated heterocycles. The molecular formula is C20H18ClIN2O3S. The van der Waals surface area contributed by atoms with Gasteiger partial charge in [-0.25, -0.2) is 0 Å². The Kier molecular flexibility index (Phi) is 7.39. The Morgan fingerprint density at radius 3 is 2.82 bits per heavy atom. The lowest BCUT2D eigenvalue weighted by Crippen LogP contribution is -2.25. The fourth-order valence-electron chi connectivity index (χ4n) is 2.84. The molecule has 2 unspecified atom stereocenters. The quantitative estimate of drug-likeness (QED) is 0.557. The minimum atomic E-state index is -1.34. The topological polar surface area (TPSA) is 79.3 Å². The van der Waals surface area contributed by atoms with Gasteiger partial charge in [-0.15, -0.1) is 0 Å². The molecule has 1 amide bonds. The van der Waals surface area contributed by atoms with E-state index in [1.54, 1.807) is 18.3 Å². The molecule has 1 aliphatic rings. The van der Waals surface area contributed by atoms with Crippen molar-refractivity contribution in [3.8, 4) is 0 Å². The van der Waals surface area contributed by atoms with E-state index in [1.807, 2.05) is 30.4 Å². The van der Waals surface area contributed by atoms with Gasteiger partial charge < -0.3 is 10.4 Å². The molecule has 0 aliphatic heterocycles. The van der Waals surface area contributed by atoms with E-state index < -0.39 is 10.8 Å². The number of hydrogen-bond donors (Lipinski definition) is 2. The van der Waals surface area contributed by atoms with Gasteiger partial charge in [0.1, 0.15) is 0 Å². The van der Waals surface area contributed by atoms with Gasteiger partial charge in [-0.3, -0.25) is 14.0 Å². The van der Waals surface area contributed by atoms with Crippen molar-refractivity contribution >= 4 is 50.9 Å². The van der Waals surface area contributed by atoms with Crippen LogP contribution in [0.3, 0.4) is 0 Å². The third-order valence-corrected chi connectivity index (χ3v) is 7.00. The molecule has 28 heavy (non-hydrogen) atoms. The van der Waals surface area contributed by atoms with Gasteiger partial charge in [0.05, 0.1) is 33.7 Å². The molecule has 0 saturated carbocycles. The molecule has 1 heterocycles. The number of hydrogen-bond acceptors (Lipinski definition) is 4. The van der Waals surface area contributed by atoms with Gasteiger partial charge in [-0.05, 0) is 59.0 Å². The molecular weight excluding hydrogens is 511 g/mol. The number of nitrogens with one attached hydrogen (secondary N) is 1. The fraction of sp³-hybridized carbons (Fsp3) is 0.200. The number of carbonyl (C=O) groups is 1. The van der Waals surface area contributed by atoms with Crippen molar-refractivity contribution in [3.63, 3.8) is 0 Å². The lowest BCUT2D eigenvalue weighted by Gasteiger charge is -2.22. The van der Waals surface area contributed by atoms with Crippen LogP contribution in [0, 0.1) is 0 Å². The molecule has 1 aliphatic carbocycles. The monoisotopic (exact) mass is 528 g/mol. The zero-order valence-corrected chi connectivity index (χ0v) is 18.5. The van der Waals surface area contributed by atoms with Crippen LogP contribution in [0.15, 0.2) is 68.9 Å². The maximum atomic E-state index is 12.7. The minimum absolute atomic E-state index is 0.0980. The van der Waals surface area contributed by atoms with Gasteiger partial charge in [0.2, 0.25) is 0 Å². The molecule has 0 spiro atoms. The highest BCUT2D eigenvalue weighted by atomic mass is 127. The van der Waals surface area contributed by atoms with Crippen LogP contribution in [0.5, 0.6) is 0 Å². The van der Waals surface area contributed by atoms with Crippen LogP contribution in [0.4, 0.5) is 0 Å². The van der Waals surface area contributed by atoms with Crippen molar-refractivity contribution in [1.82, 2.24) is 10.3 Å². The summed E-state index contributed by atoms with van der Waals surface area (Å²) in [6, 6.07) is 10.5. The van der Waals surface area contributed by atoms with E-state index in [1.165, 1.54) is 6.07 Å². The number of rotatable bonds is 6. The van der Waals surface area contributed by atoms with Gasteiger partial charge in [0, 0.05) is 38.4 Å². The summed E-state index contributed by atoms with van der Waals surface area (Å²) < 4.78 is 13.1. The van der Waals surface area contributed by atoms with Crippen LogP contribution < -0.4 is 5.32 Å². The number of aromatic nitrogens is 1. The summed E-state index contributed by atoms with van der Waals surface area (Å²) in [5.74, 6) is -0.0871. The summed E-state index contributed by atoms with van der Waals surface area (Å²) >= 11 is 8.53. The fourth-order valence-corrected chi connectivity index (χ4v) is 4.76. The Morgan fingerprint density at radius 2 is 2.14 bits per heavy atom. The van der Waals surface area contributed by atoms with Crippen molar-refractivity contribution in [2.75, 3.05) is 12.4 Å². The van der Waals surface area contributed by atoms with Crippen LogP contribution in [0.1, 0.15) is 28.4 Å². The van der Waals surface area contributed by atoms with Crippen LogP contribution in [-0.2, 0) is 10.8 Å². The number of benzene rings is 1. The van der Waals surface area contributed by atoms with E-state index in [9.17, 15) is 9.00 Å². The highest BCUT2D eigenvalue weighted by Crippen LogP contribution is 2.36. The van der Waals surface area contributed by atoms with E-state index in [0.29, 0.717) is 16.9 Å². The predicted molar refractivity (Wildman–Crippen MR) is 119 cm³/mol. The summed E-state index contributed by atoms with van der Waals surface area (Å²) in [4.78, 5) is 17.6. The predicted octanol–water partition coefficient (Wildman–Crippen LogP) is 3.96. The smallest absolute Gasteiger partial charge is 0.256 e. The first-order valence-corrected chi connectivity index (χ1v) is 11.3. The lowest BCUT2D eigenvalue weighted by molar-refractivity contribution is 0.0964. The second-order valence-corrected chi connectivity index (χ2v) is 9.35. The first-order valence-electron chi connectivity index (χ1n) is 8.57. The lowest BCUT2D eigenvalue weighted by atomic mass is 9.94. The van der Waals surface area contributed by atoms with E-state index in [4.69, 9.17) is 16.7 Å². The molecule has 5 nitrogen and oxygen atoms in total. The highest BCUT2D eigenvalue weighted by molar-refractivity contribution is 14.1. The van der Waals surface area contributed by atoms with E-state index in [-0.39, 0.29) is 29.2 Å². The van der Waals surface area contributed by atoms with Crippen molar-refractivity contribution in [2.45, 2.75) is 17.2 Å². The molecule has 3 rings (SSSR count). The normalized spacial score (nSPS) is 17.5. The Labute approximate surface area is 184 Å². The van der Waals surface area contributed by atoms with Gasteiger partial charge in [0.15, 0.2) is 0 Å². The maximum Gasteiger partial charge on any atom is 0.256 e. The number of pyridine rings is 1. The molecule has 0 fully saturated rings. The number of carbonyl (C=O) groups excluding carboxylic acids is 1. The molecule has 1 aromatic carbocycles. The molecule has 0 bridgehead atoms. The summed E-state index contributed by atoms with van der Waals surface area (Å²) in [5.41, 5.74) is 2.05. The number of amides is 1. The molecule has 2 aromatic rings. The summed E-state index contributed by atoms with van der Waals surface area (Å²) in [6.45, 7) is -0.176. The largest absolute Gasteiger partial charge is 0.395 e. The van der Waals surface area contributed by atoms with E-state index >= 15 is 0 Å². The summed E-state index contributed by atoms with van der Waals surface area (Å²) in [7, 11) is -1.34. The molecule has 1 aromatic heterocycles. The number of nitrogens with zero attached hydrogens (tertiary/aromatic N) is 1. The van der Waals surface area contributed by atoms with Crippen molar-refractivity contribution in [1.29, 1.82) is 0 Å². The van der Waals surface area contributed by atoms with Gasteiger partial charge in [-0.1, -0.05) is 23.7 Å². The molecule has 146 valence electrons. The molecule has 8 heteroatoms. The minimum Gasteiger partial charge on any atom is -0.395 e. The molecule has 2 N–H and O–H groups in total. The SMILES string of the molecule is O=C(NC1=CC=C(I)C(c2ccccn2)C1)c1ccc(S(=O)CCO)cc1Cl. The second-order valence-electron chi connectivity index (χ2n) is 6.12. The van der Waals surface area contributed by atoms with Gasteiger partial charge >= 0.3 is 0 Å². The van der Waals surface area contributed by atoms with E-state index in [2.05, 4.69) is 32.9 Å². The van der Waals surface area contributed by atoms with Crippen LogP contribution in [0.25, 0.3) is 0 Å². The third-order valence-electron chi connectivity index (χ3n) is 4.24. The Bertz CT molecular complexity index is 963. The first kappa shape index (κ1) is 21.2. The number of halogens is 2. The summed E-state index contributed by atoms with van der Waals surface area (Å²) in [5, 5.41) is 12.1. The Hall–Kier alpha value is -1.55. The Balaban J connectivity index is 1.73. The second kappa shape index (κ2) is 9.78. The maximum absolute atomic E-state index is 12.7. The zero-order chi connectivity index (χ0) is 20.1. The van der Waals surface area contributed by atoms with Crippen LogP contribution in [-0.4, -0.2) is 32.6 Å². The average Bonchev–Trinajstić information content (AvgIpc) is 2.70. The standard InChI is InChI=1S/C20H18ClIN2O3S/c21-17-12-14(28(27)10-9-25)5-6-15(17)20(26)24-13-4-7-18(22)16(11-13)19-3-1-2-8-23-19/h1-8,12,16,25H,9-11H2,(H,24,26). The highest BCUT2D eigenvalue weighted by Gasteiger charge is 2.22. The van der Waals surface area contributed by atoms with Crippen molar-refractivity contribution in [3.05, 3.63) is 80.3 Å². The first-order chi connectivity index (χ1) is 13.5. The van der Waals surface area contributed by atoms with Crippen LogP contribution >= 0.6 is 34.2 Å². The zero-order valence-electron chi connectivity index (χ0n) is 14.8. The van der Waals surface area contributed by atoms with Crippen LogP contribution in [0.2, 0.25) is 5.02 Å². The molecule has 0 radical (unpaired) electrons. The van der Waals surface area contributed by atoms with Crippen molar-refractivity contribution < 1.29 is 14.1 Å². The third kappa shape index (κ3) is 5.08. The van der Waals surface area contributed by atoms with Crippen molar-refractivity contribution in [2.24, 2.45) is 0 Å². The number of aliphatic hydroxyl groups excluding tert-OH is 1.